The van der Waals surface area contributed by atoms with Gasteiger partial charge in [0.2, 0.25) is 15.9 Å². The number of nitrogens with two attached hydrogens (primary N) is 1. The number of nitrogens with one attached hydrogen (secondary N) is 2. The third-order valence-corrected chi connectivity index (χ3v) is 5.58. The molecule has 0 aliphatic carbocycles. The number of nitrogens with zero attached hydrogens (tertiary/aromatic N) is 1. The topological polar surface area (TPSA) is 122 Å². The number of rotatable bonds is 5. The van der Waals surface area contributed by atoms with E-state index < -0.39 is 15.6 Å². The van der Waals surface area contributed by atoms with Crippen LogP contribution in [0.2, 0.25) is 0 Å². The first-order chi connectivity index (χ1) is 11.2. The van der Waals surface area contributed by atoms with Crippen LogP contribution in [0.15, 0.2) is 29.2 Å². The van der Waals surface area contributed by atoms with Gasteiger partial charge in [-0.05, 0) is 38.1 Å². The fourth-order valence-corrected chi connectivity index (χ4v) is 3.58. The van der Waals surface area contributed by atoms with Crippen molar-refractivity contribution in [2.45, 2.75) is 24.3 Å². The Labute approximate surface area is 141 Å². The zero-order chi connectivity index (χ0) is 18.0. The van der Waals surface area contributed by atoms with Gasteiger partial charge in [-0.25, -0.2) is 8.42 Å². The number of sulfonamides is 1. The second-order valence-electron chi connectivity index (χ2n) is 6.26. The monoisotopic (exact) mass is 354 g/mol. The van der Waals surface area contributed by atoms with Crippen LogP contribution >= 0.6 is 0 Å². The van der Waals surface area contributed by atoms with Gasteiger partial charge in [0.25, 0.3) is 5.91 Å². The lowest BCUT2D eigenvalue weighted by molar-refractivity contribution is -0.122. The fourth-order valence-electron chi connectivity index (χ4n) is 2.18. The van der Waals surface area contributed by atoms with E-state index in [1.54, 1.807) is 13.8 Å². The van der Waals surface area contributed by atoms with E-state index >= 15 is 0 Å². The van der Waals surface area contributed by atoms with Crippen molar-refractivity contribution in [1.82, 2.24) is 14.9 Å². The molecule has 9 heteroatoms. The predicted molar refractivity (Wildman–Crippen MR) is 88.8 cm³/mol. The number of piperazine rings is 1. The molecular weight excluding hydrogens is 332 g/mol. The van der Waals surface area contributed by atoms with Crippen LogP contribution in [0, 0.1) is 0 Å². The van der Waals surface area contributed by atoms with Crippen molar-refractivity contribution < 1.29 is 18.0 Å². The first-order valence-electron chi connectivity index (χ1n) is 7.55. The van der Waals surface area contributed by atoms with Crippen LogP contribution in [0.4, 0.5) is 0 Å². The molecule has 132 valence electrons. The molecule has 0 bridgehead atoms. The van der Waals surface area contributed by atoms with Crippen LogP contribution < -0.4 is 16.4 Å². The molecule has 0 saturated carbocycles. The molecular formula is C15H22N4O4S. The molecule has 1 saturated heterocycles. The van der Waals surface area contributed by atoms with Gasteiger partial charge in [-0.2, -0.15) is 4.31 Å². The maximum Gasteiger partial charge on any atom is 0.251 e. The van der Waals surface area contributed by atoms with Crippen LogP contribution in [0.1, 0.15) is 24.2 Å². The molecule has 8 nitrogen and oxygen atoms in total. The van der Waals surface area contributed by atoms with Crippen molar-refractivity contribution in [3.8, 4) is 0 Å². The molecule has 4 N–H and O–H groups in total. The SMILES string of the molecule is CC(C)(CN)NC(=O)c1ccc(S(=O)(=O)N2CCNC(=O)C2)cc1. The summed E-state index contributed by atoms with van der Waals surface area (Å²) in [6, 6.07) is 5.62. The molecule has 1 aromatic carbocycles. The molecule has 0 aromatic heterocycles. The number of carbonyl (C=O) groups is 2. The average molecular weight is 354 g/mol. The smallest absolute Gasteiger partial charge is 0.251 e. The molecule has 0 spiro atoms. The number of benzene rings is 1. The summed E-state index contributed by atoms with van der Waals surface area (Å²) in [7, 11) is -3.76. The van der Waals surface area contributed by atoms with Crippen molar-refractivity contribution in [2.24, 2.45) is 5.73 Å². The molecule has 1 fully saturated rings. The summed E-state index contributed by atoms with van der Waals surface area (Å²) in [5, 5.41) is 5.35. The quantitative estimate of drug-likeness (QED) is 0.644. The fraction of sp³-hybridized carbons (Fsp3) is 0.467. The van der Waals surface area contributed by atoms with Crippen molar-refractivity contribution in [1.29, 1.82) is 0 Å². The van der Waals surface area contributed by atoms with Crippen LogP contribution in [-0.2, 0) is 14.8 Å². The van der Waals surface area contributed by atoms with Crippen LogP contribution in [0.25, 0.3) is 0 Å². The lowest BCUT2D eigenvalue weighted by Crippen LogP contribution is -2.49. The van der Waals surface area contributed by atoms with Gasteiger partial charge in [0.15, 0.2) is 0 Å². The molecule has 24 heavy (non-hydrogen) atoms. The summed E-state index contributed by atoms with van der Waals surface area (Å²) in [6.45, 7) is 4.18. The minimum atomic E-state index is -3.76. The highest BCUT2D eigenvalue weighted by atomic mass is 32.2. The number of hydrogen-bond donors (Lipinski definition) is 3. The normalized spacial score (nSPS) is 16.5. The van der Waals surface area contributed by atoms with Crippen LogP contribution in [0.3, 0.4) is 0 Å². The van der Waals surface area contributed by atoms with Gasteiger partial charge in [0.1, 0.15) is 0 Å². The minimum Gasteiger partial charge on any atom is -0.354 e. The minimum absolute atomic E-state index is 0.0480. The van der Waals surface area contributed by atoms with E-state index in [2.05, 4.69) is 10.6 Å². The highest BCUT2D eigenvalue weighted by Gasteiger charge is 2.29. The van der Waals surface area contributed by atoms with Crippen molar-refractivity contribution in [3.05, 3.63) is 29.8 Å². The van der Waals surface area contributed by atoms with Gasteiger partial charge >= 0.3 is 0 Å². The van der Waals surface area contributed by atoms with Gasteiger partial charge in [-0.15, -0.1) is 0 Å². The van der Waals surface area contributed by atoms with Crippen LogP contribution in [-0.4, -0.2) is 56.3 Å². The van der Waals surface area contributed by atoms with E-state index in [9.17, 15) is 18.0 Å². The molecule has 1 aliphatic rings. The Kier molecular flexibility index (Phi) is 5.26. The Balaban J connectivity index is 2.16. The van der Waals surface area contributed by atoms with Gasteiger partial charge in [0, 0.05) is 30.7 Å². The zero-order valence-corrected chi connectivity index (χ0v) is 14.5. The first kappa shape index (κ1) is 18.4. The number of carbonyl (C=O) groups excluding carboxylic acids is 2. The maximum atomic E-state index is 12.5. The van der Waals surface area contributed by atoms with Gasteiger partial charge in [0.05, 0.1) is 11.4 Å². The van der Waals surface area contributed by atoms with Gasteiger partial charge < -0.3 is 16.4 Å². The van der Waals surface area contributed by atoms with Crippen molar-refractivity contribution >= 4 is 21.8 Å². The maximum absolute atomic E-state index is 12.5. The van der Waals surface area contributed by atoms with Crippen molar-refractivity contribution in [2.75, 3.05) is 26.2 Å². The average Bonchev–Trinajstić information content (AvgIpc) is 2.54. The predicted octanol–water partition coefficient (Wildman–Crippen LogP) is -0.726. The van der Waals surface area contributed by atoms with E-state index in [0.717, 1.165) is 4.31 Å². The Hall–Kier alpha value is -1.97. The number of amides is 2. The lowest BCUT2D eigenvalue weighted by Gasteiger charge is -2.26. The molecule has 0 unspecified atom stereocenters. The highest BCUT2D eigenvalue weighted by Crippen LogP contribution is 2.17. The third kappa shape index (κ3) is 4.11. The second-order valence-corrected chi connectivity index (χ2v) is 8.19. The molecule has 0 atom stereocenters. The molecule has 2 rings (SSSR count). The summed E-state index contributed by atoms with van der Waals surface area (Å²) < 4.78 is 26.2. The van der Waals surface area contributed by atoms with Crippen molar-refractivity contribution in [3.63, 3.8) is 0 Å². The molecule has 0 radical (unpaired) electrons. The lowest BCUT2D eigenvalue weighted by atomic mass is 10.1. The Morgan fingerprint density at radius 2 is 1.96 bits per heavy atom. The van der Waals surface area contributed by atoms with Gasteiger partial charge in [-0.3, -0.25) is 9.59 Å². The largest absolute Gasteiger partial charge is 0.354 e. The Morgan fingerprint density at radius 3 is 2.50 bits per heavy atom. The highest BCUT2D eigenvalue weighted by molar-refractivity contribution is 7.89. The summed E-state index contributed by atoms with van der Waals surface area (Å²) in [5.41, 5.74) is 5.36. The summed E-state index contributed by atoms with van der Waals surface area (Å²) in [6.07, 6.45) is 0. The first-order valence-corrected chi connectivity index (χ1v) is 8.99. The van der Waals surface area contributed by atoms with Gasteiger partial charge in [-0.1, -0.05) is 0 Å². The standard InChI is InChI=1S/C15H22N4O4S/c1-15(2,10-16)18-14(21)11-3-5-12(6-4-11)24(22,23)19-8-7-17-13(20)9-19/h3-6H,7-10,16H2,1-2H3,(H,17,20)(H,18,21). The Morgan fingerprint density at radius 1 is 1.33 bits per heavy atom. The van der Waals surface area contributed by atoms with E-state index in [4.69, 9.17) is 5.73 Å². The number of hydrogen-bond acceptors (Lipinski definition) is 5. The molecule has 1 aliphatic heterocycles. The Bertz CT molecular complexity index is 728. The molecule has 1 aromatic rings. The van der Waals surface area contributed by atoms with E-state index in [1.165, 1.54) is 24.3 Å². The summed E-state index contributed by atoms with van der Waals surface area (Å²) in [5.74, 6) is -0.656. The van der Waals surface area contributed by atoms with E-state index in [1.807, 2.05) is 0 Å². The van der Waals surface area contributed by atoms with E-state index in [-0.39, 0.29) is 42.9 Å². The zero-order valence-electron chi connectivity index (χ0n) is 13.7. The molecule has 1 heterocycles. The van der Waals surface area contributed by atoms with Crippen LogP contribution in [0.5, 0.6) is 0 Å². The second kappa shape index (κ2) is 6.88. The van der Waals surface area contributed by atoms with E-state index in [0.29, 0.717) is 5.56 Å². The molecule has 2 amide bonds. The summed E-state index contributed by atoms with van der Waals surface area (Å²) in [4.78, 5) is 23.6. The summed E-state index contributed by atoms with van der Waals surface area (Å²) >= 11 is 0. The third-order valence-electron chi connectivity index (χ3n) is 3.72.